The van der Waals surface area contributed by atoms with Crippen LogP contribution in [0.3, 0.4) is 0 Å². The third-order valence-corrected chi connectivity index (χ3v) is 23.8. The number of carbonyl (C=O) groups is 14. The number of aryl methyl sites for hydroxylation is 4. The predicted octanol–water partition coefficient (Wildman–Crippen LogP) is 2.43. The van der Waals surface area contributed by atoms with Crippen molar-refractivity contribution < 1.29 is 86.8 Å². The molecule has 18 atom stereocenters. The van der Waals surface area contributed by atoms with Crippen molar-refractivity contribution in [2.45, 2.75) is 262 Å². The first kappa shape index (κ1) is 87.2. The lowest BCUT2D eigenvalue weighted by Gasteiger charge is -2.39. The quantitative estimate of drug-likeness (QED) is 0.0792. The fourth-order valence-corrected chi connectivity index (χ4v) is 17.5. The van der Waals surface area contributed by atoms with Crippen LogP contribution in [0.5, 0.6) is 0 Å². The van der Waals surface area contributed by atoms with Crippen LogP contribution in [0.25, 0.3) is 0 Å². The van der Waals surface area contributed by atoms with Gasteiger partial charge >= 0.3 is 11.9 Å². The molecule has 8 fully saturated rings. The van der Waals surface area contributed by atoms with Gasteiger partial charge in [0.1, 0.15) is 84.7 Å². The number of amides is 12. The van der Waals surface area contributed by atoms with Crippen molar-refractivity contribution >= 4 is 82.8 Å². The second-order valence-corrected chi connectivity index (χ2v) is 33.4. The molecular weight excluding hydrogens is 1500 g/mol. The van der Waals surface area contributed by atoms with Crippen LogP contribution in [0.4, 0.5) is 0 Å². The molecule has 0 unspecified atom stereocenters. The van der Waals surface area contributed by atoms with E-state index in [-0.39, 0.29) is 102 Å². The molecule has 8 N–H and O–H groups in total. The SMILES string of the molecule is CCc1ccc(CC(=O)N[C@@H](Cc2cccc(C)c2)C(=O)N[C@@H]2C(=O)N3C[C@H](O)C[C@H]3C(=O)N3CCCC[C@H]3C(=O)N[C@@H](C)C(=O)N3C[C@H](C)C[C@H]3C(=O)O[C@H]2C)cc1.Cc1ccc(CC(=O)N[C@@H](Cc2cccc(C)c2)C(=O)N[C@@H]2C(=O)N3C[C@H](O)C[C@H]3C(=O)N3CCCC[C@H]3C(=O)N[C@@H](C)C(=O)N3C[C@H](C)C[C@H]3C(=O)O[C@H]2C)cc1. The maximum Gasteiger partial charge on any atom is 0.329 e. The number of cyclic esters (lactones) is 2. The molecule has 8 aliphatic rings. The number of esters is 2. The molecule has 117 heavy (non-hydrogen) atoms. The first-order chi connectivity index (χ1) is 55.7. The molecule has 0 saturated carbocycles. The van der Waals surface area contributed by atoms with E-state index in [1.807, 2.05) is 139 Å². The van der Waals surface area contributed by atoms with Gasteiger partial charge in [-0.25, -0.2) is 9.59 Å². The lowest BCUT2D eigenvalue weighted by atomic mass is 9.98. The smallest absolute Gasteiger partial charge is 0.329 e. The maximum atomic E-state index is 14.8. The summed E-state index contributed by atoms with van der Waals surface area (Å²) in [7, 11) is 0. The lowest BCUT2D eigenvalue weighted by Crippen LogP contribution is -2.63. The summed E-state index contributed by atoms with van der Waals surface area (Å²) in [5.41, 5.74) is 7.03. The summed E-state index contributed by atoms with van der Waals surface area (Å²) in [6, 6.07) is 16.2. The van der Waals surface area contributed by atoms with Crippen molar-refractivity contribution in [2.24, 2.45) is 11.8 Å². The summed E-state index contributed by atoms with van der Waals surface area (Å²) in [6.45, 7) is 18.0. The molecule has 12 amide bonds. The Morgan fingerprint density at radius 2 is 0.803 bits per heavy atom. The number of aliphatic hydroxyl groups is 2. The van der Waals surface area contributed by atoms with E-state index in [0.29, 0.717) is 38.5 Å². The minimum Gasteiger partial charge on any atom is -0.458 e. The van der Waals surface area contributed by atoms with Crippen molar-refractivity contribution in [1.82, 2.24) is 61.3 Å². The van der Waals surface area contributed by atoms with Crippen LogP contribution in [-0.2, 0) is 109 Å². The van der Waals surface area contributed by atoms with Gasteiger partial charge in [-0.3, -0.25) is 57.5 Å². The van der Waals surface area contributed by atoms with Crippen molar-refractivity contribution in [3.8, 4) is 0 Å². The average Bonchev–Trinajstić information content (AvgIpc) is 1.70. The van der Waals surface area contributed by atoms with Crippen molar-refractivity contribution in [3.63, 3.8) is 0 Å². The molecule has 4 aromatic rings. The lowest BCUT2D eigenvalue weighted by molar-refractivity contribution is -0.163. The summed E-state index contributed by atoms with van der Waals surface area (Å²) >= 11 is 0. The largest absolute Gasteiger partial charge is 0.458 e. The zero-order valence-electron chi connectivity index (χ0n) is 68.6. The van der Waals surface area contributed by atoms with Gasteiger partial charge in [-0.15, -0.1) is 0 Å². The highest BCUT2D eigenvalue weighted by atomic mass is 16.6. The molecule has 8 aliphatic heterocycles. The molecule has 0 aliphatic carbocycles. The Hall–Kier alpha value is -10.6. The number of fused-ring (bicyclic) bond motifs is 6. The van der Waals surface area contributed by atoms with E-state index < -0.39 is 180 Å². The number of hydrogen-bond donors (Lipinski definition) is 8. The fourth-order valence-electron chi connectivity index (χ4n) is 17.5. The fraction of sp³-hybridized carbons (Fsp3) is 0.563. The number of piperidine rings is 2. The molecule has 8 saturated heterocycles. The summed E-state index contributed by atoms with van der Waals surface area (Å²) in [4.78, 5) is 205. The third kappa shape index (κ3) is 21.4. The molecular formula is C87H114N12O18. The van der Waals surface area contributed by atoms with Gasteiger partial charge in [0.15, 0.2) is 0 Å². The average molecular weight is 1620 g/mol. The molecule has 12 rings (SSSR count). The zero-order chi connectivity index (χ0) is 84.4. The number of benzene rings is 4. The Morgan fingerprint density at radius 3 is 1.19 bits per heavy atom. The predicted molar refractivity (Wildman–Crippen MR) is 428 cm³/mol. The molecule has 30 heteroatoms. The van der Waals surface area contributed by atoms with E-state index >= 15 is 0 Å². The van der Waals surface area contributed by atoms with Crippen LogP contribution in [-0.4, -0.2) is 259 Å². The highest BCUT2D eigenvalue weighted by Crippen LogP contribution is 2.33. The Labute approximate surface area is 682 Å². The summed E-state index contributed by atoms with van der Waals surface area (Å²) in [5, 5.41) is 38.6. The molecule has 8 heterocycles. The van der Waals surface area contributed by atoms with E-state index in [1.165, 1.54) is 43.2 Å². The van der Waals surface area contributed by atoms with Crippen LogP contribution in [0.1, 0.15) is 157 Å². The van der Waals surface area contributed by atoms with Crippen LogP contribution in [0, 0.1) is 32.6 Å². The van der Waals surface area contributed by atoms with Crippen LogP contribution in [0.15, 0.2) is 97.1 Å². The van der Waals surface area contributed by atoms with Gasteiger partial charge in [0, 0.05) is 65.0 Å². The minimum absolute atomic E-state index is 0.00338. The highest BCUT2D eigenvalue weighted by Gasteiger charge is 2.52. The second-order valence-electron chi connectivity index (χ2n) is 33.4. The Bertz CT molecular complexity index is 4370. The Morgan fingerprint density at radius 1 is 0.427 bits per heavy atom. The number of ether oxygens (including phenoxy) is 2. The molecule has 0 spiro atoms. The summed E-state index contributed by atoms with van der Waals surface area (Å²) < 4.78 is 11.9. The maximum absolute atomic E-state index is 14.8. The molecule has 30 nitrogen and oxygen atoms in total. The van der Waals surface area contributed by atoms with E-state index in [1.54, 1.807) is 13.8 Å². The van der Waals surface area contributed by atoms with Gasteiger partial charge in [0.2, 0.25) is 70.9 Å². The number of rotatable bonds is 15. The second kappa shape index (κ2) is 38.6. The normalized spacial score (nSPS) is 28.7. The first-order valence-electron chi connectivity index (χ1n) is 41.4. The number of hydrogen-bond acceptors (Lipinski definition) is 18. The topological polar surface area (TPSA) is 390 Å². The van der Waals surface area contributed by atoms with E-state index in [4.69, 9.17) is 9.47 Å². The van der Waals surface area contributed by atoms with Crippen LogP contribution in [0.2, 0.25) is 0 Å². The molecule has 0 radical (unpaired) electrons. The van der Waals surface area contributed by atoms with E-state index in [2.05, 4.69) is 31.9 Å². The monoisotopic (exact) mass is 1610 g/mol. The highest BCUT2D eigenvalue weighted by molar-refractivity contribution is 6.01. The zero-order valence-corrected chi connectivity index (χ0v) is 68.6. The van der Waals surface area contributed by atoms with Crippen LogP contribution >= 0.6 is 0 Å². The standard InChI is InChI=1S/C44H58N6O9.C43H56N6O9/c1-6-29-13-15-30(16-14-29)21-37(52)46-33(20-31-11-9-10-25(2)18-31)39(53)47-38-28(5)59-44(58)36-19-26(3)23-49(36)41(55)27(4)45-40(54)34-12-7-8-17-48(34)42(56)35-22-32(51)24-50(35)43(38)57;1-24-12-14-29(15-13-24)20-36(51)45-32(19-30-10-8-9-25(2)17-30)38(52)46-37-28(5)58-43(57)35-18-26(3)22-48(35)40(54)27(4)44-39(53)33-11-6-7-16-47(33)41(55)34-21-31(50)23-49(34)42(37)56/h9-11,13-16,18,26-28,32-36,38,51H,6-8,12,17,19-24H2,1-5H3,(H,45,54)(H,46,52)(H,47,53);8-10,12-15,17,26-28,31-35,37,50H,6-7,11,16,18-23H2,1-5H3,(H,44,53)(H,45,51)(H,46,52)/t26-,27+,28+,32-,33+,34+,35+,36+,38+;26-,27+,28+,31-,32+,33+,34+,35+,37+/m11/s1. The number of nitrogens with one attached hydrogen (secondary N) is 6. The van der Waals surface area contributed by atoms with Crippen molar-refractivity contribution in [1.29, 1.82) is 0 Å². The van der Waals surface area contributed by atoms with Gasteiger partial charge < -0.3 is 81.0 Å². The minimum atomic E-state index is -1.57. The molecule has 4 aromatic carbocycles. The van der Waals surface area contributed by atoms with Crippen molar-refractivity contribution in [2.75, 3.05) is 39.3 Å². The van der Waals surface area contributed by atoms with Crippen LogP contribution < -0.4 is 31.9 Å². The first-order valence-corrected chi connectivity index (χ1v) is 41.4. The number of aliphatic hydroxyl groups excluding tert-OH is 2. The Kier molecular flexibility index (Phi) is 28.8. The van der Waals surface area contributed by atoms with Gasteiger partial charge in [-0.1, -0.05) is 135 Å². The molecule has 0 bridgehead atoms. The van der Waals surface area contributed by atoms with Gasteiger partial charge in [-0.05, 0) is 146 Å². The number of carbonyl (C=O) groups excluding carboxylic acids is 14. The molecule has 0 aromatic heterocycles. The molecule has 630 valence electrons. The van der Waals surface area contributed by atoms with E-state index in [0.717, 1.165) is 50.9 Å². The summed E-state index contributed by atoms with van der Waals surface area (Å²) in [6.07, 6.45) is -0.286. The van der Waals surface area contributed by atoms with Gasteiger partial charge in [0.25, 0.3) is 0 Å². The third-order valence-electron chi connectivity index (χ3n) is 23.8. The van der Waals surface area contributed by atoms with E-state index in [9.17, 15) is 77.3 Å². The summed E-state index contributed by atoms with van der Waals surface area (Å²) in [5.74, 6) is -8.72. The van der Waals surface area contributed by atoms with Gasteiger partial charge in [-0.2, -0.15) is 0 Å². The number of nitrogens with zero attached hydrogens (tertiary/aromatic N) is 6. The van der Waals surface area contributed by atoms with Gasteiger partial charge in [0.05, 0.1) is 25.0 Å². The van der Waals surface area contributed by atoms with Crippen molar-refractivity contribution in [3.05, 3.63) is 142 Å². The Balaban J connectivity index is 0.000000230.